The van der Waals surface area contributed by atoms with Crippen molar-refractivity contribution < 1.29 is 4.39 Å². The predicted molar refractivity (Wildman–Crippen MR) is 50.8 cm³/mol. The summed E-state index contributed by atoms with van der Waals surface area (Å²) in [6, 6.07) is 3.51. The summed E-state index contributed by atoms with van der Waals surface area (Å²) in [7, 11) is 0. The van der Waals surface area contributed by atoms with Crippen LogP contribution in [-0.2, 0) is 5.67 Å². The van der Waals surface area contributed by atoms with Crippen LogP contribution in [0.2, 0.25) is 0 Å². The normalized spacial score (nSPS) is 11.8. The van der Waals surface area contributed by atoms with E-state index in [4.69, 9.17) is 0 Å². The summed E-state index contributed by atoms with van der Waals surface area (Å²) in [6.45, 7) is 4.87. The zero-order chi connectivity index (χ0) is 9.35. The van der Waals surface area contributed by atoms with Crippen LogP contribution in [0.3, 0.4) is 0 Å². The van der Waals surface area contributed by atoms with Gasteiger partial charge in [-0.2, -0.15) is 0 Å². The first kappa shape index (κ1) is 9.65. The lowest BCUT2D eigenvalue weighted by Crippen LogP contribution is -2.11. The Morgan fingerprint density at radius 3 is 2.42 bits per heavy atom. The van der Waals surface area contributed by atoms with E-state index in [0.717, 1.165) is 10.3 Å². The Morgan fingerprint density at radius 2 is 2.00 bits per heavy atom. The zero-order valence-electron chi connectivity index (χ0n) is 7.36. The van der Waals surface area contributed by atoms with Gasteiger partial charge in [-0.1, -0.05) is 6.07 Å². The predicted octanol–water partition coefficient (Wildman–Crippen LogP) is 3.36. The van der Waals surface area contributed by atoms with Crippen LogP contribution >= 0.6 is 15.9 Å². The molecule has 1 rings (SSSR count). The number of rotatable bonds is 1. The van der Waals surface area contributed by atoms with Crippen LogP contribution < -0.4 is 0 Å². The molecule has 0 aliphatic rings. The van der Waals surface area contributed by atoms with E-state index in [-0.39, 0.29) is 0 Å². The second-order valence-corrected chi connectivity index (χ2v) is 4.05. The molecule has 0 radical (unpaired) electrons. The monoisotopic (exact) mass is 231 g/mol. The van der Waals surface area contributed by atoms with Gasteiger partial charge in [-0.15, -0.1) is 0 Å². The van der Waals surface area contributed by atoms with Gasteiger partial charge in [0, 0.05) is 11.3 Å². The Labute approximate surface area is 80.1 Å². The smallest absolute Gasteiger partial charge is 0.132 e. The van der Waals surface area contributed by atoms with Gasteiger partial charge >= 0.3 is 0 Å². The number of aryl methyl sites for hydroxylation is 1. The van der Waals surface area contributed by atoms with Crippen LogP contribution in [0.15, 0.2) is 16.7 Å². The third-order valence-electron chi connectivity index (χ3n) is 1.69. The molecule has 0 bridgehead atoms. The van der Waals surface area contributed by atoms with Crippen molar-refractivity contribution in [3.63, 3.8) is 0 Å². The molecule has 0 saturated carbocycles. The topological polar surface area (TPSA) is 12.9 Å². The molecule has 3 heteroatoms. The largest absolute Gasteiger partial charge is 0.246 e. The Balaban J connectivity index is 3.19. The Hall–Kier alpha value is -0.440. The molecular formula is C9H11BrFN. The number of hydrogen-bond acceptors (Lipinski definition) is 1. The summed E-state index contributed by atoms with van der Waals surface area (Å²) in [4.78, 5) is 4.12. The molecule has 1 nitrogen and oxygen atoms in total. The highest BCUT2D eigenvalue weighted by Crippen LogP contribution is 2.27. The van der Waals surface area contributed by atoms with E-state index in [1.54, 1.807) is 19.1 Å². The molecule has 0 aliphatic carbocycles. The second kappa shape index (κ2) is 3.13. The number of hydrogen-bond donors (Lipinski definition) is 0. The third kappa shape index (κ3) is 2.03. The Morgan fingerprint density at radius 1 is 1.42 bits per heavy atom. The minimum atomic E-state index is -1.31. The van der Waals surface area contributed by atoms with Gasteiger partial charge in [0.05, 0.1) is 0 Å². The fraction of sp³-hybridized carbons (Fsp3) is 0.444. The van der Waals surface area contributed by atoms with Crippen molar-refractivity contribution >= 4 is 15.9 Å². The lowest BCUT2D eigenvalue weighted by molar-refractivity contribution is 0.219. The van der Waals surface area contributed by atoms with Gasteiger partial charge in [-0.25, -0.2) is 9.37 Å². The molecule has 0 atom stereocenters. The van der Waals surface area contributed by atoms with Crippen LogP contribution in [-0.4, -0.2) is 4.98 Å². The summed E-state index contributed by atoms with van der Waals surface area (Å²) in [6.07, 6.45) is 0. The molecule has 1 aromatic heterocycles. The van der Waals surface area contributed by atoms with Gasteiger partial charge in [0.15, 0.2) is 0 Å². The molecule has 0 N–H and O–H groups in total. The van der Waals surface area contributed by atoms with E-state index < -0.39 is 5.67 Å². The van der Waals surface area contributed by atoms with E-state index in [2.05, 4.69) is 20.9 Å². The molecule has 0 amide bonds. The first-order valence-corrected chi connectivity index (χ1v) is 4.53. The van der Waals surface area contributed by atoms with Gasteiger partial charge in [0.1, 0.15) is 10.3 Å². The summed E-state index contributed by atoms with van der Waals surface area (Å²) in [5, 5.41) is 0. The molecule has 1 aromatic rings. The van der Waals surface area contributed by atoms with E-state index in [0.29, 0.717) is 5.56 Å². The van der Waals surface area contributed by atoms with Crippen LogP contribution in [0, 0.1) is 6.92 Å². The first-order chi connectivity index (χ1) is 5.41. The molecule has 0 aliphatic heterocycles. The summed E-state index contributed by atoms with van der Waals surface area (Å²) in [5.41, 5.74) is 0.0696. The van der Waals surface area contributed by atoms with Crippen LogP contribution in [0.1, 0.15) is 25.1 Å². The zero-order valence-corrected chi connectivity index (χ0v) is 8.94. The number of nitrogens with zero attached hydrogens (tertiary/aromatic N) is 1. The average molecular weight is 232 g/mol. The van der Waals surface area contributed by atoms with Gasteiger partial charge in [-0.05, 0) is 42.8 Å². The maximum atomic E-state index is 13.5. The van der Waals surface area contributed by atoms with Crippen LogP contribution in [0.25, 0.3) is 0 Å². The first-order valence-electron chi connectivity index (χ1n) is 3.74. The van der Waals surface area contributed by atoms with Gasteiger partial charge in [0.25, 0.3) is 0 Å². The van der Waals surface area contributed by atoms with Crippen molar-refractivity contribution in [2.75, 3.05) is 0 Å². The van der Waals surface area contributed by atoms with E-state index in [9.17, 15) is 4.39 Å². The minimum absolute atomic E-state index is 0.644. The molecule has 12 heavy (non-hydrogen) atoms. The standard InChI is InChI=1S/C9H11BrFN/c1-6-7(9(2,3)11)4-5-8(10)12-6/h4-5H,1-3H3. The summed E-state index contributed by atoms with van der Waals surface area (Å²) in [5.74, 6) is 0. The number of alkyl halides is 1. The van der Waals surface area contributed by atoms with Crippen molar-refractivity contribution in [2.45, 2.75) is 26.4 Å². The van der Waals surface area contributed by atoms with Crippen molar-refractivity contribution in [2.24, 2.45) is 0 Å². The Bertz CT molecular complexity index is 291. The molecule has 1 heterocycles. The molecule has 0 spiro atoms. The third-order valence-corrected chi connectivity index (χ3v) is 2.13. The van der Waals surface area contributed by atoms with Gasteiger partial charge in [-0.3, -0.25) is 0 Å². The van der Waals surface area contributed by atoms with Gasteiger partial charge < -0.3 is 0 Å². The van der Waals surface area contributed by atoms with Gasteiger partial charge in [0.2, 0.25) is 0 Å². The molecule has 0 aromatic carbocycles. The number of pyridine rings is 1. The minimum Gasteiger partial charge on any atom is -0.246 e. The number of aromatic nitrogens is 1. The lowest BCUT2D eigenvalue weighted by atomic mass is 9.99. The maximum Gasteiger partial charge on any atom is 0.132 e. The molecular weight excluding hydrogens is 221 g/mol. The quantitative estimate of drug-likeness (QED) is 0.676. The summed E-state index contributed by atoms with van der Waals surface area (Å²) < 4.78 is 14.2. The second-order valence-electron chi connectivity index (χ2n) is 3.24. The maximum absolute atomic E-state index is 13.5. The highest BCUT2D eigenvalue weighted by molar-refractivity contribution is 9.10. The average Bonchev–Trinajstić information content (AvgIpc) is 1.83. The SMILES string of the molecule is Cc1nc(Br)ccc1C(C)(C)F. The van der Waals surface area contributed by atoms with E-state index in [1.165, 1.54) is 13.8 Å². The molecule has 0 fully saturated rings. The Kier molecular flexibility index (Phi) is 2.52. The van der Waals surface area contributed by atoms with Crippen molar-refractivity contribution in [3.8, 4) is 0 Å². The van der Waals surface area contributed by atoms with Crippen LogP contribution in [0.5, 0.6) is 0 Å². The van der Waals surface area contributed by atoms with Crippen molar-refractivity contribution in [1.29, 1.82) is 0 Å². The molecule has 66 valence electrons. The lowest BCUT2D eigenvalue weighted by Gasteiger charge is -2.16. The van der Waals surface area contributed by atoms with E-state index >= 15 is 0 Å². The van der Waals surface area contributed by atoms with Crippen molar-refractivity contribution in [1.82, 2.24) is 4.98 Å². The van der Waals surface area contributed by atoms with Crippen LogP contribution in [0.4, 0.5) is 4.39 Å². The van der Waals surface area contributed by atoms with Crippen molar-refractivity contribution in [3.05, 3.63) is 28.0 Å². The molecule has 0 saturated heterocycles. The fourth-order valence-corrected chi connectivity index (χ4v) is 1.56. The fourth-order valence-electron chi connectivity index (χ4n) is 1.16. The highest BCUT2D eigenvalue weighted by Gasteiger charge is 2.21. The highest BCUT2D eigenvalue weighted by atomic mass is 79.9. The van der Waals surface area contributed by atoms with E-state index in [1.807, 2.05) is 0 Å². The molecule has 0 unspecified atom stereocenters. The number of halogens is 2. The summed E-state index contributed by atoms with van der Waals surface area (Å²) >= 11 is 3.23.